The fourth-order valence-electron chi connectivity index (χ4n) is 0.0552. The Morgan fingerprint density at radius 2 is 2.50 bits per heavy atom. The first-order valence-corrected chi connectivity index (χ1v) is 2.20. The van der Waals surface area contributed by atoms with Crippen LogP contribution in [0.3, 0.4) is 0 Å². The Morgan fingerprint density at radius 1 is 2.00 bits per heavy atom. The van der Waals surface area contributed by atoms with Crippen LogP contribution in [0.15, 0.2) is 5.10 Å². The van der Waals surface area contributed by atoms with Gasteiger partial charge >= 0.3 is 0 Å². The first-order chi connectivity index (χ1) is 2.77. The molecule has 0 aliphatic rings. The van der Waals surface area contributed by atoms with Gasteiger partial charge in [0.25, 0.3) is 11.3 Å². The molecule has 0 aromatic rings. The van der Waals surface area contributed by atoms with Crippen LogP contribution in [0.2, 0.25) is 0 Å². The van der Waals surface area contributed by atoms with E-state index in [4.69, 9.17) is 4.55 Å². The molecule has 0 fully saturated rings. The van der Waals surface area contributed by atoms with Gasteiger partial charge in [0.1, 0.15) is 0 Å². The molecule has 0 aliphatic heterocycles. The van der Waals surface area contributed by atoms with E-state index in [9.17, 15) is 4.21 Å². The van der Waals surface area contributed by atoms with Crippen LogP contribution in [0.1, 0.15) is 0 Å². The normalized spacial score (nSPS) is 12.8. The number of hydrogen-bond acceptors (Lipinski definition) is 2. The van der Waals surface area contributed by atoms with Crippen molar-refractivity contribution in [1.29, 1.82) is 0 Å². The van der Waals surface area contributed by atoms with Crippen LogP contribution in [0.25, 0.3) is 0 Å². The topological polar surface area (TPSA) is 61.7 Å². The lowest BCUT2D eigenvalue weighted by Crippen LogP contribution is -2.05. The molecule has 0 rings (SSSR count). The molecule has 1 atom stereocenters. The van der Waals surface area contributed by atoms with E-state index in [-0.39, 0.29) is 0 Å². The first kappa shape index (κ1) is 5.58. The molecule has 0 bridgehead atoms. The number of hydrogen-bond donors (Lipinski definition) is 2. The number of rotatable bonds is 2. The highest BCUT2D eigenvalue weighted by Crippen LogP contribution is 1.55. The lowest BCUT2D eigenvalue weighted by molar-refractivity contribution is 0.552. The molecular weight excluding hydrogens is 104 g/mol. The van der Waals surface area contributed by atoms with E-state index >= 15 is 0 Å². The molecule has 0 aliphatic carbocycles. The van der Waals surface area contributed by atoms with E-state index in [1.807, 2.05) is 0 Å². The highest BCUT2D eigenvalue weighted by atomic mass is 32.2. The molecule has 5 heteroatoms. The van der Waals surface area contributed by atoms with E-state index in [0.29, 0.717) is 0 Å². The van der Waals surface area contributed by atoms with Crippen LogP contribution in [0.5, 0.6) is 0 Å². The Labute approximate surface area is 37.7 Å². The Kier molecular flexibility index (Phi) is 2.60. The molecule has 6 heavy (non-hydrogen) atoms. The predicted octanol–water partition coefficient (Wildman–Crippen LogP) is -0.672. The van der Waals surface area contributed by atoms with Gasteiger partial charge in [-0.2, -0.15) is 5.10 Å². The summed E-state index contributed by atoms with van der Waals surface area (Å²) in [5.41, 5.74) is 0. The molecule has 0 saturated heterocycles. The van der Waals surface area contributed by atoms with Gasteiger partial charge in [-0.05, 0) is 0 Å². The average Bonchev–Trinajstić information content (AvgIpc) is 1.35. The van der Waals surface area contributed by atoms with Crippen molar-refractivity contribution in [3.8, 4) is 0 Å². The number of nitrogens with zero attached hydrogens (tertiary/aromatic N) is 1. The van der Waals surface area contributed by atoms with Crippen molar-refractivity contribution in [2.24, 2.45) is 5.10 Å². The molecule has 0 aromatic heterocycles. The fourth-order valence-corrected chi connectivity index (χ4v) is 0.166. The Bertz CT molecular complexity index is 71.9. The summed E-state index contributed by atoms with van der Waals surface area (Å²) in [6.07, 6.45) is 0. The first-order valence-electron chi connectivity index (χ1n) is 1.09. The maximum absolute atomic E-state index is 9.47. The molecule has 0 amide bonds. The lowest BCUT2D eigenvalue weighted by Gasteiger charge is -1.82. The summed E-state index contributed by atoms with van der Waals surface area (Å²) >= 11 is -2.04. The van der Waals surface area contributed by atoms with Crippen LogP contribution in [0, 0.1) is 0 Å². The zero-order valence-corrected chi connectivity index (χ0v) is 3.73. The highest BCUT2D eigenvalue weighted by Gasteiger charge is 1.76. The summed E-state index contributed by atoms with van der Waals surface area (Å²) in [4.78, 5) is 1.75. The van der Waals surface area contributed by atoms with Crippen LogP contribution >= 0.6 is 0 Å². The largest absolute Gasteiger partial charge is 0.288 e. The molecule has 36 valence electrons. The number of hydrazone groups is 1. The smallest absolute Gasteiger partial charge is 0.275 e. The van der Waals surface area contributed by atoms with Crippen molar-refractivity contribution in [3.63, 3.8) is 0 Å². The summed E-state index contributed by atoms with van der Waals surface area (Å²) in [5, 5.41) is 2.89. The Morgan fingerprint density at radius 3 is 2.50 bits per heavy atom. The SMILES string of the molecule is C=NNS(=O)O. The summed E-state index contributed by atoms with van der Waals surface area (Å²) in [6, 6.07) is 0. The maximum Gasteiger partial charge on any atom is 0.275 e. The van der Waals surface area contributed by atoms with Crippen LogP contribution < -0.4 is 4.83 Å². The summed E-state index contributed by atoms with van der Waals surface area (Å²) in [5.74, 6) is 0. The molecule has 0 radical (unpaired) electrons. The Hall–Kier alpha value is -0.420. The maximum atomic E-state index is 9.47. The van der Waals surface area contributed by atoms with Crippen LogP contribution in [-0.4, -0.2) is 15.5 Å². The minimum absolute atomic E-state index is 1.75. The minimum atomic E-state index is -2.04. The lowest BCUT2D eigenvalue weighted by atomic mass is 11.7. The van der Waals surface area contributed by atoms with Crippen molar-refractivity contribution < 1.29 is 8.76 Å². The fraction of sp³-hybridized carbons (Fsp3) is 0. The third kappa shape index (κ3) is 3.58. The molecule has 4 nitrogen and oxygen atoms in total. The predicted molar refractivity (Wildman–Crippen MR) is 23.5 cm³/mol. The van der Waals surface area contributed by atoms with Crippen molar-refractivity contribution in [2.75, 3.05) is 0 Å². The van der Waals surface area contributed by atoms with Gasteiger partial charge in [-0.25, -0.2) is 9.04 Å². The molecule has 1 unspecified atom stereocenters. The van der Waals surface area contributed by atoms with E-state index in [1.54, 1.807) is 4.83 Å². The van der Waals surface area contributed by atoms with Crippen LogP contribution in [0.4, 0.5) is 0 Å². The van der Waals surface area contributed by atoms with Gasteiger partial charge in [0.2, 0.25) is 0 Å². The van der Waals surface area contributed by atoms with Crippen molar-refractivity contribution in [2.45, 2.75) is 0 Å². The third-order valence-corrected chi connectivity index (χ3v) is 0.428. The zero-order valence-electron chi connectivity index (χ0n) is 2.92. The standard InChI is InChI=1S/CH4N2O2S/c1-2-3-6(4)5/h3H,1H2,(H,4,5). The molecule has 2 N–H and O–H groups in total. The van der Waals surface area contributed by atoms with Gasteiger partial charge in [-0.1, -0.05) is 0 Å². The molecule has 0 aromatic carbocycles. The average molecular weight is 108 g/mol. The molecule has 0 spiro atoms. The van der Waals surface area contributed by atoms with Gasteiger partial charge in [-0.3, -0.25) is 4.55 Å². The quantitative estimate of drug-likeness (QED) is 0.280. The second kappa shape index (κ2) is 2.80. The van der Waals surface area contributed by atoms with Gasteiger partial charge in [0, 0.05) is 6.72 Å². The van der Waals surface area contributed by atoms with Crippen LogP contribution in [-0.2, 0) is 11.3 Å². The van der Waals surface area contributed by atoms with Crippen molar-refractivity contribution >= 4 is 18.0 Å². The number of nitrogens with one attached hydrogen (secondary N) is 1. The molecular formula is CH4N2O2S. The van der Waals surface area contributed by atoms with Gasteiger partial charge in [0.15, 0.2) is 0 Å². The molecule has 0 saturated carbocycles. The second-order valence-electron chi connectivity index (χ2n) is 0.499. The van der Waals surface area contributed by atoms with E-state index < -0.39 is 11.3 Å². The highest BCUT2D eigenvalue weighted by molar-refractivity contribution is 7.77. The minimum Gasteiger partial charge on any atom is -0.288 e. The third-order valence-electron chi connectivity index (χ3n) is 0.143. The van der Waals surface area contributed by atoms with E-state index in [2.05, 4.69) is 11.8 Å². The monoisotopic (exact) mass is 108 g/mol. The summed E-state index contributed by atoms with van der Waals surface area (Å²) in [6.45, 7) is 2.89. The second-order valence-corrected chi connectivity index (χ2v) is 1.18. The van der Waals surface area contributed by atoms with E-state index in [0.717, 1.165) is 0 Å². The summed E-state index contributed by atoms with van der Waals surface area (Å²) in [7, 11) is 0. The van der Waals surface area contributed by atoms with Crippen molar-refractivity contribution in [3.05, 3.63) is 0 Å². The van der Waals surface area contributed by atoms with E-state index in [1.165, 1.54) is 0 Å². The molecule has 0 heterocycles. The van der Waals surface area contributed by atoms with Gasteiger partial charge < -0.3 is 0 Å². The Balaban J connectivity index is 3.05. The van der Waals surface area contributed by atoms with Gasteiger partial charge in [0.05, 0.1) is 0 Å². The zero-order chi connectivity index (χ0) is 4.99. The van der Waals surface area contributed by atoms with Crippen molar-refractivity contribution in [1.82, 2.24) is 4.83 Å². The van der Waals surface area contributed by atoms with Gasteiger partial charge in [-0.15, -0.1) is 0 Å². The summed E-state index contributed by atoms with van der Waals surface area (Å²) < 4.78 is 17.2.